The molecule has 4 rings (SSSR count). The summed E-state index contributed by atoms with van der Waals surface area (Å²) in [6.45, 7) is 0.980. The molecule has 0 unspecified atom stereocenters. The van der Waals surface area contributed by atoms with E-state index in [1.165, 1.54) is 0 Å². The molecule has 1 saturated heterocycles. The number of nitrogens with zero attached hydrogens (tertiary/aromatic N) is 2. The van der Waals surface area contributed by atoms with E-state index in [-0.39, 0.29) is 11.8 Å². The van der Waals surface area contributed by atoms with E-state index in [0.29, 0.717) is 31.5 Å². The number of likely N-dealkylation sites (tertiary alicyclic amines) is 1. The maximum absolute atomic E-state index is 12.6. The van der Waals surface area contributed by atoms with Crippen molar-refractivity contribution in [2.45, 2.75) is 12.8 Å². The van der Waals surface area contributed by atoms with Gasteiger partial charge in [-0.3, -0.25) is 14.7 Å². The molecule has 1 aromatic heterocycles. The monoisotopic (exact) mass is 375 g/mol. The highest BCUT2D eigenvalue weighted by molar-refractivity contribution is 5.95. The summed E-state index contributed by atoms with van der Waals surface area (Å²) in [5, 5.41) is 17.5. The van der Waals surface area contributed by atoms with E-state index in [2.05, 4.69) is 10.2 Å². The second kappa shape index (κ2) is 7.68. The van der Waals surface area contributed by atoms with Gasteiger partial charge in [-0.25, -0.2) is 0 Å². The van der Waals surface area contributed by atoms with Gasteiger partial charge in [0.25, 0.3) is 5.91 Å². The van der Waals surface area contributed by atoms with Crippen LogP contribution in [0.5, 0.6) is 0 Å². The molecule has 0 spiro atoms. The van der Waals surface area contributed by atoms with E-state index in [1.807, 2.05) is 60.7 Å². The number of aromatic amines is 1. The Hall–Kier alpha value is -3.41. The van der Waals surface area contributed by atoms with Gasteiger partial charge < -0.3 is 10.0 Å². The van der Waals surface area contributed by atoms with Gasteiger partial charge in [0.2, 0.25) is 0 Å². The molecule has 0 saturated carbocycles. The first-order valence-electron chi connectivity index (χ1n) is 9.35. The van der Waals surface area contributed by atoms with Crippen LogP contribution >= 0.6 is 0 Å². The summed E-state index contributed by atoms with van der Waals surface area (Å²) < 4.78 is 0. The lowest BCUT2D eigenvalue weighted by Crippen LogP contribution is -2.40. The number of fused-ring (bicyclic) bond motifs is 1. The zero-order chi connectivity index (χ0) is 19.5. The molecule has 1 amide bonds. The average molecular weight is 375 g/mol. The molecule has 2 N–H and O–H groups in total. The van der Waals surface area contributed by atoms with Crippen molar-refractivity contribution in [3.8, 4) is 0 Å². The van der Waals surface area contributed by atoms with Crippen LogP contribution in [0.25, 0.3) is 23.1 Å². The zero-order valence-corrected chi connectivity index (χ0v) is 15.3. The molecule has 0 bridgehead atoms. The smallest absolute Gasteiger partial charge is 0.306 e. The van der Waals surface area contributed by atoms with Crippen LogP contribution in [-0.2, 0) is 4.79 Å². The third-order valence-corrected chi connectivity index (χ3v) is 5.22. The molecule has 6 heteroatoms. The van der Waals surface area contributed by atoms with Gasteiger partial charge in [0.15, 0.2) is 0 Å². The second-order valence-corrected chi connectivity index (χ2v) is 7.01. The van der Waals surface area contributed by atoms with E-state index in [0.717, 1.165) is 22.2 Å². The summed E-state index contributed by atoms with van der Waals surface area (Å²) in [4.78, 5) is 25.4. The lowest BCUT2D eigenvalue weighted by Gasteiger charge is -2.30. The van der Waals surface area contributed by atoms with Crippen molar-refractivity contribution in [3.05, 3.63) is 65.4 Å². The Kier molecular flexibility index (Phi) is 4.93. The van der Waals surface area contributed by atoms with Crippen molar-refractivity contribution in [3.63, 3.8) is 0 Å². The maximum atomic E-state index is 12.6. The first-order chi connectivity index (χ1) is 13.6. The van der Waals surface area contributed by atoms with E-state index in [1.54, 1.807) is 4.90 Å². The minimum absolute atomic E-state index is 0.0438. The lowest BCUT2D eigenvalue weighted by atomic mass is 9.96. The van der Waals surface area contributed by atoms with Crippen LogP contribution in [0.4, 0.5) is 0 Å². The van der Waals surface area contributed by atoms with Crippen molar-refractivity contribution in [1.29, 1.82) is 0 Å². The fraction of sp³-hybridized carbons (Fsp3) is 0.227. The summed E-state index contributed by atoms with van der Waals surface area (Å²) >= 11 is 0. The van der Waals surface area contributed by atoms with Crippen molar-refractivity contribution in [2.75, 3.05) is 13.1 Å². The molecular weight excluding hydrogens is 354 g/mol. The van der Waals surface area contributed by atoms with Gasteiger partial charge in [0.05, 0.1) is 17.1 Å². The summed E-state index contributed by atoms with van der Waals surface area (Å²) in [6, 6.07) is 15.4. The highest BCUT2D eigenvalue weighted by atomic mass is 16.4. The molecule has 1 fully saturated rings. The third kappa shape index (κ3) is 3.67. The maximum Gasteiger partial charge on any atom is 0.306 e. The Morgan fingerprint density at radius 3 is 2.46 bits per heavy atom. The molecule has 2 heterocycles. The topological polar surface area (TPSA) is 86.3 Å². The minimum atomic E-state index is -0.770. The number of carbonyl (C=O) groups excluding carboxylic acids is 1. The predicted molar refractivity (Wildman–Crippen MR) is 108 cm³/mol. The van der Waals surface area contributed by atoms with Crippen LogP contribution in [0.1, 0.15) is 34.5 Å². The second-order valence-electron chi connectivity index (χ2n) is 7.01. The summed E-state index contributed by atoms with van der Waals surface area (Å²) in [5.41, 5.74) is 3.47. The van der Waals surface area contributed by atoms with Gasteiger partial charge in [-0.1, -0.05) is 36.4 Å². The number of carboxylic acid groups (broad SMARTS) is 1. The van der Waals surface area contributed by atoms with Crippen molar-refractivity contribution < 1.29 is 14.7 Å². The third-order valence-electron chi connectivity index (χ3n) is 5.22. The number of para-hydroxylation sites is 1. The van der Waals surface area contributed by atoms with Crippen molar-refractivity contribution >= 4 is 34.9 Å². The number of carboxylic acids is 1. The van der Waals surface area contributed by atoms with Gasteiger partial charge in [-0.2, -0.15) is 5.10 Å². The van der Waals surface area contributed by atoms with Crippen molar-refractivity contribution in [1.82, 2.24) is 15.1 Å². The van der Waals surface area contributed by atoms with E-state index in [4.69, 9.17) is 5.11 Å². The first-order valence-corrected chi connectivity index (χ1v) is 9.35. The van der Waals surface area contributed by atoms with Gasteiger partial charge in [0.1, 0.15) is 0 Å². The first kappa shape index (κ1) is 18.0. The lowest BCUT2D eigenvalue weighted by molar-refractivity contribution is -0.143. The molecule has 3 aromatic rings. The number of amides is 1. The number of piperidine rings is 1. The van der Waals surface area contributed by atoms with E-state index in [9.17, 15) is 9.59 Å². The van der Waals surface area contributed by atoms with Crippen LogP contribution in [-0.4, -0.2) is 45.2 Å². The van der Waals surface area contributed by atoms with Crippen molar-refractivity contribution in [2.24, 2.45) is 5.92 Å². The van der Waals surface area contributed by atoms with Gasteiger partial charge in [-0.05, 0) is 42.7 Å². The minimum Gasteiger partial charge on any atom is -0.481 e. The summed E-state index contributed by atoms with van der Waals surface area (Å²) in [7, 11) is 0. The number of carbonyl (C=O) groups is 2. The number of hydrogen-bond acceptors (Lipinski definition) is 3. The molecule has 1 aliphatic heterocycles. The Balaban J connectivity index is 1.42. The number of aliphatic carboxylic acids is 1. The van der Waals surface area contributed by atoms with Gasteiger partial charge in [-0.15, -0.1) is 0 Å². The Morgan fingerprint density at radius 1 is 1.04 bits per heavy atom. The number of benzene rings is 2. The van der Waals surface area contributed by atoms with Crippen LogP contribution in [0, 0.1) is 5.92 Å². The number of aromatic nitrogens is 2. The number of hydrogen-bond donors (Lipinski definition) is 2. The predicted octanol–water partition coefficient (Wildman–Crippen LogP) is 3.67. The molecule has 1 aliphatic rings. The quantitative estimate of drug-likeness (QED) is 0.728. The number of H-pyrrole nitrogens is 1. The van der Waals surface area contributed by atoms with E-state index < -0.39 is 5.97 Å². The number of nitrogens with one attached hydrogen (secondary N) is 1. The highest BCUT2D eigenvalue weighted by Crippen LogP contribution is 2.20. The molecule has 142 valence electrons. The van der Waals surface area contributed by atoms with E-state index >= 15 is 0 Å². The SMILES string of the molecule is O=C(O)C1CCN(C(=O)c2ccc(/C=C/c3n[nH]c4ccccc34)cc2)CC1. The standard InChI is InChI=1S/C22H21N3O3/c26-21(25-13-11-17(12-14-25)22(27)28)16-8-5-15(6-9-16)7-10-20-18-3-1-2-4-19(18)23-24-20/h1-10,17H,11-14H2,(H,23,24)(H,27,28)/b10-7+. The normalized spacial score (nSPS) is 15.4. The summed E-state index contributed by atoms with van der Waals surface area (Å²) in [5.74, 6) is -1.15. The molecule has 6 nitrogen and oxygen atoms in total. The number of rotatable bonds is 4. The largest absolute Gasteiger partial charge is 0.481 e. The molecule has 2 aromatic carbocycles. The van der Waals surface area contributed by atoms with Crippen LogP contribution in [0.15, 0.2) is 48.5 Å². The zero-order valence-electron chi connectivity index (χ0n) is 15.3. The average Bonchev–Trinajstić information content (AvgIpc) is 3.15. The highest BCUT2D eigenvalue weighted by Gasteiger charge is 2.27. The molecular formula is C22H21N3O3. The van der Waals surface area contributed by atoms with Gasteiger partial charge in [0, 0.05) is 24.0 Å². The molecule has 28 heavy (non-hydrogen) atoms. The molecule has 0 atom stereocenters. The molecule has 0 aliphatic carbocycles. The van der Waals surface area contributed by atoms with Crippen LogP contribution < -0.4 is 0 Å². The fourth-order valence-electron chi connectivity index (χ4n) is 3.54. The van der Waals surface area contributed by atoms with Crippen LogP contribution in [0.3, 0.4) is 0 Å². The Morgan fingerprint density at radius 2 is 1.75 bits per heavy atom. The fourth-order valence-corrected chi connectivity index (χ4v) is 3.54. The Labute approximate surface area is 162 Å². The molecule has 0 radical (unpaired) electrons. The van der Waals surface area contributed by atoms with Gasteiger partial charge >= 0.3 is 5.97 Å². The summed E-state index contributed by atoms with van der Waals surface area (Å²) in [6.07, 6.45) is 4.95. The van der Waals surface area contributed by atoms with Crippen LogP contribution in [0.2, 0.25) is 0 Å². The Bertz CT molecular complexity index is 1030.